The summed E-state index contributed by atoms with van der Waals surface area (Å²) in [6, 6.07) is 5.92. The number of aliphatic carboxylic acids is 1. The molecule has 1 N–H and O–H groups in total. The van der Waals surface area contributed by atoms with Gasteiger partial charge in [-0.25, -0.2) is 4.39 Å². The van der Waals surface area contributed by atoms with Crippen LogP contribution < -0.4 is 4.74 Å². The number of ether oxygens (including phenoxy) is 2. The van der Waals surface area contributed by atoms with Gasteiger partial charge in [-0.3, -0.25) is 9.69 Å². The highest BCUT2D eigenvalue weighted by molar-refractivity contribution is 5.75. The molecule has 1 aromatic rings. The van der Waals surface area contributed by atoms with Gasteiger partial charge in [0.2, 0.25) is 0 Å². The molecule has 1 atom stereocenters. The summed E-state index contributed by atoms with van der Waals surface area (Å²) >= 11 is 0. The molecule has 1 aliphatic rings. The van der Waals surface area contributed by atoms with E-state index in [1.165, 1.54) is 12.1 Å². The van der Waals surface area contributed by atoms with E-state index in [-0.39, 0.29) is 5.82 Å². The Balaban J connectivity index is 1.84. The van der Waals surface area contributed by atoms with Gasteiger partial charge in [0, 0.05) is 26.8 Å². The number of hydrogen-bond acceptors (Lipinski definition) is 4. The molecule has 0 unspecified atom stereocenters. The quantitative estimate of drug-likeness (QED) is 0.701. The SMILES string of the molecule is COCCC[C@@]1(C(=O)O)CCCN(CCOc2ccc(F)cc2)C1. The molecule has 1 fully saturated rings. The van der Waals surface area contributed by atoms with E-state index in [2.05, 4.69) is 4.90 Å². The van der Waals surface area contributed by atoms with Crippen molar-refractivity contribution in [2.45, 2.75) is 25.7 Å². The van der Waals surface area contributed by atoms with Crippen LogP contribution in [0.1, 0.15) is 25.7 Å². The number of rotatable bonds is 9. The van der Waals surface area contributed by atoms with Gasteiger partial charge in [0.05, 0.1) is 5.41 Å². The summed E-state index contributed by atoms with van der Waals surface area (Å²) in [6.07, 6.45) is 2.96. The Kier molecular flexibility index (Phi) is 6.99. The molecule has 1 aromatic carbocycles. The molecular weight excluding hydrogens is 313 g/mol. The van der Waals surface area contributed by atoms with Crippen molar-refractivity contribution >= 4 is 5.97 Å². The highest BCUT2D eigenvalue weighted by Gasteiger charge is 2.41. The van der Waals surface area contributed by atoms with E-state index in [0.717, 1.165) is 19.4 Å². The van der Waals surface area contributed by atoms with Crippen molar-refractivity contribution in [3.63, 3.8) is 0 Å². The predicted molar refractivity (Wildman–Crippen MR) is 88.7 cm³/mol. The molecule has 134 valence electrons. The molecule has 0 radical (unpaired) electrons. The van der Waals surface area contributed by atoms with Crippen molar-refractivity contribution in [3.05, 3.63) is 30.1 Å². The number of halogens is 1. The van der Waals surface area contributed by atoms with Crippen LogP contribution >= 0.6 is 0 Å². The largest absolute Gasteiger partial charge is 0.492 e. The monoisotopic (exact) mass is 339 g/mol. The molecular formula is C18H26FNO4. The summed E-state index contributed by atoms with van der Waals surface area (Å²) < 4.78 is 23.5. The number of methoxy groups -OCH3 is 1. The number of carboxylic acid groups (broad SMARTS) is 1. The first-order valence-electron chi connectivity index (χ1n) is 8.39. The molecule has 5 nitrogen and oxygen atoms in total. The highest BCUT2D eigenvalue weighted by atomic mass is 19.1. The van der Waals surface area contributed by atoms with Gasteiger partial charge >= 0.3 is 5.97 Å². The highest BCUT2D eigenvalue weighted by Crippen LogP contribution is 2.35. The van der Waals surface area contributed by atoms with Crippen molar-refractivity contribution in [1.82, 2.24) is 4.90 Å². The zero-order valence-electron chi connectivity index (χ0n) is 14.2. The Hall–Kier alpha value is -1.66. The Morgan fingerprint density at radius 2 is 2.08 bits per heavy atom. The molecule has 1 aliphatic heterocycles. The second kappa shape index (κ2) is 8.99. The van der Waals surface area contributed by atoms with E-state index in [0.29, 0.717) is 44.9 Å². The standard InChI is InChI=1S/C18H26FNO4/c1-23-12-3-9-18(17(21)22)8-2-10-20(14-18)11-13-24-16-6-4-15(19)5-7-16/h4-7H,2-3,8-14H2,1H3,(H,21,22)/t18-/m0/s1. The van der Waals surface area contributed by atoms with Gasteiger partial charge in [0.25, 0.3) is 0 Å². The fourth-order valence-corrected chi connectivity index (χ4v) is 3.28. The summed E-state index contributed by atoms with van der Waals surface area (Å²) in [5.41, 5.74) is -0.688. The predicted octanol–water partition coefficient (Wildman–Crippen LogP) is 2.80. The minimum absolute atomic E-state index is 0.291. The van der Waals surface area contributed by atoms with Crippen LogP contribution in [0.3, 0.4) is 0 Å². The van der Waals surface area contributed by atoms with Gasteiger partial charge in [-0.05, 0) is 56.5 Å². The van der Waals surface area contributed by atoms with Crippen molar-refractivity contribution in [1.29, 1.82) is 0 Å². The van der Waals surface area contributed by atoms with Gasteiger partial charge in [-0.15, -0.1) is 0 Å². The van der Waals surface area contributed by atoms with Crippen molar-refractivity contribution in [2.75, 3.05) is 40.0 Å². The van der Waals surface area contributed by atoms with Crippen LogP contribution in [0.4, 0.5) is 4.39 Å². The average molecular weight is 339 g/mol. The van der Waals surface area contributed by atoms with E-state index in [4.69, 9.17) is 9.47 Å². The molecule has 0 aliphatic carbocycles. The summed E-state index contributed by atoms with van der Waals surface area (Å²) in [4.78, 5) is 14.0. The average Bonchev–Trinajstić information content (AvgIpc) is 2.57. The number of carbonyl (C=O) groups is 1. The number of nitrogens with zero attached hydrogens (tertiary/aromatic N) is 1. The third-order valence-electron chi connectivity index (χ3n) is 4.60. The van der Waals surface area contributed by atoms with E-state index in [1.807, 2.05) is 0 Å². The van der Waals surface area contributed by atoms with Crippen molar-refractivity contribution < 1.29 is 23.8 Å². The van der Waals surface area contributed by atoms with Crippen LogP contribution in [-0.2, 0) is 9.53 Å². The maximum absolute atomic E-state index is 12.9. The fraction of sp³-hybridized carbons (Fsp3) is 0.611. The number of benzene rings is 1. The Labute approximate surface area is 142 Å². The molecule has 2 rings (SSSR count). The molecule has 6 heteroatoms. The van der Waals surface area contributed by atoms with Crippen LogP contribution in [-0.4, -0.2) is 55.9 Å². The minimum atomic E-state index is -0.720. The molecule has 0 saturated carbocycles. The van der Waals surface area contributed by atoms with Crippen LogP contribution in [0.15, 0.2) is 24.3 Å². The number of carboxylic acids is 1. The summed E-state index contributed by atoms with van der Waals surface area (Å²) in [7, 11) is 1.63. The van der Waals surface area contributed by atoms with Crippen molar-refractivity contribution in [3.8, 4) is 5.75 Å². The molecule has 24 heavy (non-hydrogen) atoms. The molecule has 0 amide bonds. The zero-order chi connectivity index (χ0) is 17.4. The Bertz CT molecular complexity index is 522. The third kappa shape index (κ3) is 5.18. The molecule has 0 bridgehead atoms. The van der Waals surface area contributed by atoms with E-state index >= 15 is 0 Å². The van der Waals surface area contributed by atoms with Gasteiger partial charge in [-0.1, -0.05) is 0 Å². The van der Waals surface area contributed by atoms with E-state index in [1.54, 1.807) is 19.2 Å². The van der Waals surface area contributed by atoms with Gasteiger partial charge in [-0.2, -0.15) is 0 Å². The number of piperidine rings is 1. The first-order valence-corrected chi connectivity index (χ1v) is 8.39. The van der Waals surface area contributed by atoms with Gasteiger partial charge < -0.3 is 14.6 Å². The topological polar surface area (TPSA) is 59.0 Å². The number of hydrogen-bond donors (Lipinski definition) is 1. The lowest BCUT2D eigenvalue weighted by atomic mass is 9.76. The van der Waals surface area contributed by atoms with Crippen molar-refractivity contribution in [2.24, 2.45) is 5.41 Å². The first kappa shape index (κ1) is 18.7. The third-order valence-corrected chi connectivity index (χ3v) is 4.60. The number of likely N-dealkylation sites (tertiary alicyclic amines) is 1. The normalized spacial score (nSPS) is 21.6. The first-order chi connectivity index (χ1) is 11.6. The van der Waals surface area contributed by atoms with E-state index in [9.17, 15) is 14.3 Å². The molecule has 1 saturated heterocycles. The fourth-order valence-electron chi connectivity index (χ4n) is 3.28. The Morgan fingerprint density at radius 1 is 1.33 bits per heavy atom. The van der Waals surface area contributed by atoms with Crippen LogP contribution in [0.5, 0.6) is 5.75 Å². The van der Waals surface area contributed by atoms with Crippen LogP contribution in [0, 0.1) is 11.2 Å². The summed E-state index contributed by atoms with van der Waals surface area (Å²) in [5, 5.41) is 9.70. The van der Waals surface area contributed by atoms with E-state index < -0.39 is 11.4 Å². The lowest BCUT2D eigenvalue weighted by Gasteiger charge is -2.40. The maximum atomic E-state index is 12.9. The molecule has 1 heterocycles. The maximum Gasteiger partial charge on any atom is 0.310 e. The lowest BCUT2D eigenvalue weighted by Crippen LogP contribution is -2.49. The molecule has 0 aromatic heterocycles. The van der Waals surface area contributed by atoms with Gasteiger partial charge in [0.15, 0.2) is 0 Å². The molecule has 0 spiro atoms. The smallest absolute Gasteiger partial charge is 0.310 e. The van der Waals surface area contributed by atoms with Crippen LogP contribution in [0.2, 0.25) is 0 Å². The van der Waals surface area contributed by atoms with Gasteiger partial charge in [0.1, 0.15) is 18.2 Å². The van der Waals surface area contributed by atoms with Crippen LogP contribution in [0.25, 0.3) is 0 Å². The minimum Gasteiger partial charge on any atom is -0.492 e. The second-order valence-corrected chi connectivity index (χ2v) is 6.36. The Morgan fingerprint density at radius 3 is 2.75 bits per heavy atom. The summed E-state index contributed by atoms with van der Waals surface area (Å²) in [5.74, 6) is -0.388. The zero-order valence-corrected chi connectivity index (χ0v) is 14.2. The summed E-state index contributed by atoms with van der Waals surface area (Å²) in [6.45, 7) is 3.13. The second-order valence-electron chi connectivity index (χ2n) is 6.36. The lowest BCUT2D eigenvalue weighted by molar-refractivity contribution is -0.153.